The van der Waals surface area contributed by atoms with E-state index in [0.717, 1.165) is 16.3 Å². The first-order chi connectivity index (χ1) is 14.3. The monoisotopic (exact) mass is 484 g/mol. The third kappa shape index (κ3) is 5.39. The van der Waals surface area contributed by atoms with E-state index in [-0.39, 0.29) is 34.8 Å². The number of anilines is 1. The van der Waals surface area contributed by atoms with Gasteiger partial charge in [0, 0.05) is 34.7 Å². The van der Waals surface area contributed by atoms with Gasteiger partial charge in [-0.2, -0.15) is 4.31 Å². The second-order valence-corrected chi connectivity index (χ2v) is 10.7. The highest BCUT2D eigenvalue weighted by atomic mass is 35.5. The van der Waals surface area contributed by atoms with Gasteiger partial charge in [0.2, 0.25) is 15.9 Å². The van der Waals surface area contributed by atoms with Gasteiger partial charge in [-0.05, 0) is 43.2 Å². The topological polar surface area (TPSA) is 66.5 Å². The number of halogens is 2. The molecule has 2 aromatic rings. The van der Waals surface area contributed by atoms with Crippen LogP contribution in [0.25, 0.3) is 0 Å². The van der Waals surface area contributed by atoms with E-state index in [1.165, 1.54) is 16.4 Å². The number of para-hydroxylation sites is 1. The molecule has 0 atom stereocenters. The van der Waals surface area contributed by atoms with Crippen LogP contribution in [-0.2, 0) is 14.8 Å². The molecule has 1 amide bonds. The number of sulfonamides is 1. The van der Waals surface area contributed by atoms with Gasteiger partial charge in [-0.3, -0.25) is 4.79 Å². The lowest BCUT2D eigenvalue weighted by atomic mass is 9.97. The lowest BCUT2D eigenvalue weighted by Gasteiger charge is -2.31. The number of hydrogen-bond donors (Lipinski definition) is 1. The van der Waals surface area contributed by atoms with E-state index < -0.39 is 10.0 Å². The number of nitrogens with one attached hydrogen (secondary N) is 1. The summed E-state index contributed by atoms with van der Waals surface area (Å²) < 4.78 is 27.3. The summed E-state index contributed by atoms with van der Waals surface area (Å²) >= 11 is 13.6. The first kappa shape index (κ1) is 23.2. The molecule has 9 heteroatoms. The molecule has 0 saturated carbocycles. The zero-order chi connectivity index (χ0) is 21.7. The molecule has 0 radical (unpaired) electrons. The quantitative estimate of drug-likeness (QED) is 0.426. The summed E-state index contributed by atoms with van der Waals surface area (Å²) in [5.41, 5.74) is 0.759. The van der Waals surface area contributed by atoms with Gasteiger partial charge in [-0.1, -0.05) is 41.4 Å². The predicted molar refractivity (Wildman–Crippen MR) is 124 cm³/mol. The molecule has 3 rings (SSSR count). The summed E-state index contributed by atoms with van der Waals surface area (Å²) in [5, 5.41) is 3.43. The summed E-state index contributed by atoms with van der Waals surface area (Å²) in [5.74, 6) is 0.387. The minimum atomic E-state index is -3.77. The zero-order valence-corrected chi connectivity index (χ0v) is 19.3. The van der Waals surface area contributed by atoms with Crippen LogP contribution in [0.1, 0.15) is 12.8 Å². The number of thioether (sulfide) groups is 1. The molecular weight excluding hydrogens is 463 g/mol. The van der Waals surface area contributed by atoms with Gasteiger partial charge in [0.15, 0.2) is 0 Å². The minimum Gasteiger partial charge on any atom is -0.325 e. The molecule has 1 heterocycles. The van der Waals surface area contributed by atoms with Crippen molar-refractivity contribution in [1.82, 2.24) is 4.31 Å². The Kier molecular flexibility index (Phi) is 7.87. The van der Waals surface area contributed by atoms with E-state index in [1.54, 1.807) is 17.8 Å². The molecule has 2 aromatic carbocycles. The van der Waals surface area contributed by atoms with Gasteiger partial charge in [-0.25, -0.2) is 8.42 Å². The van der Waals surface area contributed by atoms with E-state index in [2.05, 4.69) is 11.9 Å². The molecule has 30 heavy (non-hydrogen) atoms. The molecule has 160 valence electrons. The van der Waals surface area contributed by atoms with Crippen molar-refractivity contribution in [3.8, 4) is 0 Å². The Morgan fingerprint density at radius 1 is 1.20 bits per heavy atom. The number of carbonyl (C=O) groups excluding carboxylic acids is 1. The largest absolute Gasteiger partial charge is 0.325 e. The summed E-state index contributed by atoms with van der Waals surface area (Å²) in [6, 6.07) is 12.0. The van der Waals surface area contributed by atoms with E-state index in [4.69, 9.17) is 23.2 Å². The Labute approximate surface area is 191 Å². The van der Waals surface area contributed by atoms with Crippen molar-refractivity contribution in [3.05, 3.63) is 65.2 Å². The molecule has 1 aliphatic heterocycles. The van der Waals surface area contributed by atoms with Gasteiger partial charge in [0.05, 0.1) is 10.7 Å². The molecule has 0 aromatic heterocycles. The number of amides is 1. The first-order valence-electron chi connectivity index (χ1n) is 9.41. The first-order valence-corrected chi connectivity index (χ1v) is 12.6. The van der Waals surface area contributed by atoms with Crippen LogP contribution >= 0.6 is 35.0 Å². The van der Waals surface area contributed by atoms with Crippen molar-refractivity contribution in [3.63, 3.8) is 0 Å². The molecule has 5 nitrogen and oxygen atoms in total. The third-order valence-corrected chi connectivity index (χ3v) is 8.52. The zero-order valence-electron chi connectivity index (χ0n) is 16.2. The fraction of sp³-hybridized carbons (Fsp3) is 0.286. The molecule has 0 bridgehead atoms. The van der Waals surface area contributed by atoms with Gasteiger partial charge in [-0.15, -0.1) is 18.3 Å². The number of benzene rings is 2. The minimum absolute atomic E-state index is 0.00672. The maximum absolute atomic E-state index is 12.9. The smallest absolute Gasteiger partial charge is 0.244 e. The van der Waals surface area contributed by atoms with Crippen LogP contribution in [0.4, 0.5) is 5.69 Å². The van der Waals surface area contributed by atoms with Crippen molar-refractivity contribution in [1.29, 1.82) is 0 Å². The lowest BCUT2D eigenvalue weighted by molar-refractivity contribution is -0.120. The van der Waals surface area contributed by atoms with E-state index >= 15 is 0 Å². The van der Waals surface area contributed by atoms with Crippen LogP contribution in [0.5, 0.6) is 0 Å². The fourth-order valence-corrected chi connectivity index (χ4v) is 6.21. The van der Waals surface area contributed by atoms with Crippen molar-refractivity contribution < 1.29 is 13.2 Å². The second-order valence-electron chi connectivity index (χ2n) is 6.84. The van der Waals surface area contributed by atoms with Crippen LogP contribution in [0.2, 0.25) is 10.0 Å². The molecule has 1 fully saturated rings. The van der Waals surface area contributed by atoms with Gasteiger partial charge >= 0.3 is 0 Å². The van der Waals surface area contributed by atoms with Crippen LogP contribution in [0.3, 0.4) is 0 Å². The Morgan fingerprint density at radius 2 is 1.90 bits per heavy atom. The van der Waals surface area contributed by atoms with E-state index in [9.17, 15) is 13.2 Å². The Hall–Kier alpha value is -1.51. The predicted octanol–water partition coefficient (Wildman–Crippen LogP) is 5.31. The van der Waals surface area contributed by atoms with Gasteiger partial charge in [0.25, 0.3) is 0 Å². The van der Waals surface area contributed by atoms with Crippen LogP contribution < -0.4 is 5.32 Å². The van der Waals surface area contributed by atoms with Crippen LogP contribution in [0, 0.1) is 5.92 Å². The standard InChI is InChI=1S/C21H22Cl2N2O3S2/c1-2-13-29-19-6-4-3-5-18(19)24-21(26)15-9-11-25(12-10-15)30(27,28)20-14-16(22)7-8-17(20)23/h2-8,14-15H,1,9-13H2,(H,24,26). The lowest BCUT2D eigenvalue weighted by Crippen LogP contribution is -2.41. The molecule has 0 spiro atoms. The van der Waals surface area contributed by atoms with Crippen LogP contribution in [0.15, 0.2) is 64.9 Å². The maximum atomic E-state index is 12.9. The number of carbonyl (C=O) groups is 1. The molecule has 1 aliphatic rings. The summed E-state index contributed by atoms with van der Waals surface area (Å²) in [4.78, 5) is 13.7. The van der Waals surface area contributed by atoms with E-state index in [0.29, 0.717) is 17.9 Å². The Morgan fingerprint density at radius 3 is 2.60 bits per heavy atom. The fourth-order valence-electron chi connectivity index (χ4n) is 3.25. The van der Waals surface area contributed by atoms with Gasteiger partial charge < -0.3 is 5.32 Å². The molecule has 1 saturated heterocycles. The molecular formula is C21H22Cl2N2O3S2. The van der Waals surface area contributed by atoms with Crippen LogP contribution in [-0.4, -0.2) is 37.5 Å². The second kappa shape index (κ2) is 10.2. The van der Waals surface area contributed by atoms with E-state index in [1.807, 2.05) is 30.3 Å². The maximum Gasteiger partial charge on any atom is 0.244 e. The van der Waals surface area contributed by atoms with Gasteiger partial charge in [0.1, 0.15) is 4.90 Å². The third-order valence-electron chi connectivity index (χ3n) is 4.84. The highest BCUT2D eigenvalue weighted by molar-refractivity contribution is 7.99. The van der Waals surface area contributed by atoms with Crippen molar-refractivity contribution in [2.45, 2.75) is 22.6 Å². The highest BCUT2D eigenvalue weighted by Gasteiger charge is 2.33. The summed E-state index contributed by atoms with van der Waals surface area (Å²) in [6.07, 6.45) is 2.68. The average Bonchev–Trinajstić information content (AvgIpc) is 2.74. The normalized spacial score (nSPS) is 15.7. The highest BCUT2D eigenvalue weighted by Crippen LogP contribution is 2.32. The number of rotatable bonds is 7. The van der Waals surface area contributed by atoms with Crippen molar-refractivity contribution in [2.24, 2.45) is 5.92 Å². The molecule has 0 aliphatic carbocycles. The Balaban J connectivity index is 1.65. The molecule has 1 N–H and O–H groups in total. The summed E-state index contributed by atoms with van der Waals surface area (Å²) in [6.45, 7) is 4.21. The summed E-state index contributed by atoms with van der Waals surface area (Å²) in [7, 11) is -3.77. The number of piperidine rings is 1. The Bertz CT molecular complexity index is 1040. The van der Waals surface area contributed by atoms with Crippen molar-refractivity contribution in [2.75, 3.05) is 24.2 Å². The number of hydrogen-bond acceptors (Lipinski definition) is 4. The average molecular weight is 485 g/mol. The molecule has 0 unspecified atom stereocenters. The SMILES string of the molecule is C=CCSc1ccccc1NC(=O)C1CCN(S(=O)(=O)c2cc(Cl)ccc2Cl)CC1. The van der Waals surface area contributed by atoms with Crippen molar-refractivity contribution >= 4 is 56.6 Å². The number of nitrogens with zero attached hydrogens (tertiary/aromatic N) is 1.